The van der Waals surface area contributed by atoms with Gasteiger partial charge in [0.2, 0.25) is 11.8 Å². The zero-order valence-electron chi connectivity index (χ0n) is 13.4. The molecule has 0 aliphatic carbocycles. The van der Waals surface area contributed by atoms with E-state index in [9.17, 15) is 23.2 Å². The SMILES string of the molecule is O=C(Nc1ccc(F)c(Cl)c1)C1CNC(=O)N(c2ccc(F)c(Cl)c2)C1=O. The molecule has 1 aliphatic rings. The lowest BCUT2D eigenvalue weighted by atomic mass is 10.0. The molecule has 4 amide bonds. The van der Waals surface area contributed by atoms with Gasteiger partial charge in [-0.25, -0.2) is 18.5 Å². The average molecular weight is 414 g/mol. The van der Waals surface area contributed by atoms with Crippen LogP contribution in [0.4, 0.5) is 25.0 Å². The van der Waals surface area contributed by atoms with Crippen molar-refractivity contribution < 1.29 is 23.2 Å². The van der Waals surface area contributed by atoms with Gasteiger partial charge in [-0.15, -0.1) is 0 Å². The minimum absolute atomic E-state index is 0.0197. The van der Waals surface area contributed by atoms with Crippen LogP contribution in [0.5, 0.6) is 0 Å². The minimum Gasteiger partial charge on any atom is -0.336 e. The van der Waals surface area contributed by atoms with Crippen molar-refractivity contribution in [2.75, 3.05) is 16.8 Å². The van der Waals surface area contributed by atoms with Crippen molar-refractivity contribution in [2.24, 2.45) is 5.92 Å². The lowest BCUT2D eigenvalue weighted by molar-refractivity contribution is -0.130. The Balaban J connectivity index is 1.82. The van der Waals surface area contributed by atoms with E-state index >= 15 is 0 Å². The first kappa shape index (κ1) is 19.1. The summed E-state index contributed by atoms with van der Waals surface area (Å²) in [5.74, 6) is -4.16. The van der Waals surface area contributed by atoms with Crippen LogP contribution in [-0.4, -0.2) is 24.4 Å². The van der Waals surface area contributed by atoms with Gasteiger partial charge in [0.05, 0.1) is 15.7 Å². The molecule has 2 N–H and O–H groups in total. The summed E-state index contributed by atoms with van der Waals surface area (Å²) >= 11 is 11.4. The third-order valence-electron chi connectivity index (χ3n) is 3.84. The highest BCUT2D eigenvalue weighted by Gasteiger charge is 2.39. The van der Waals surface area contributed by atoms with Crippen molar-refractivity contribution in [1.29, 1.82) is 0 Å². The summed E-state index contributed by atoms with van der Waals surface area (Å²) in [7, 11) is 0. The molecule has 10 heteroatoms. The number of anilines is 2. The standard InChI is InChI=1S/C17H11Cl2F2N3O3/c18-11-5-8(1-3-13(11)20)23-15(25)10-7-22-17(27)24(16(10)26)9-2-4-14(21)12(19)6-9/h1-6,10H,7H2,(H,22,27)(H,23,25). The lowest BCUT2D eigenvalue weighted by Crippen LogP contribution is -2.58. The molecule has 0 spiro atoms. The molecule has 140 valence electrons. The Morgan fingerprint density at radius 3 is 2.33 bits per heavy atom. The number of imide groups is 1. The van der Waals surface area contributed by atoms with E-state index in [4.69, 9.17) is 23.2 Å². The van der Waals surface area contributed by atoms with Gasteiger partial charge >= 0.3 is 6.03 Å². The van der Waals surface area contributed by atoms with Crippen molar-refractivity contribution >= 4 is 52.4 Å². The van der Waals surface area contributed by atoms with Crippen LogP contribution in [0.15, 0.2) is 36.4 Å². The fourth-order valence-corrected chi connectivity index (χ4v) is 2.84. The first-order valence-corrected chi connectivity index (χ1v) is 8.36. The fourth-order valence-electron chi connectivity index (χ4n) is 2.49. The van der Waals surface area contributed by atoms with Crippen molar-refractivity contribution in [3.05, 3.63) is 58.1 Å². The topological polar surface area (TPSA) is 78.5 Å². The van der Waals surface area contributed by atoms with E-state index in [1.807, 2.05) is 0 Å². The normalized spacial score (nSPS) is 16.9. The van der Waals surface area contributed by atoms with E-state index in [1.165, 1.54) is 18.2 Å². The summed E-state index contributed by atoms with van der Waals surface area (Å²) in [5.41, 5.74) is 0.207. The van der Waals surface area contributed by atoms with Gasteiger partial charge in [0, 0.05) is 12.2 Å². The first-order valence-electron chi connectivity index (χ1n) is 7.60. The summed E-state index contributed by atoms with van der Waals surface area (Å²) in [5, 5.41) is 4.38. The Morgan fingerprint density at radius 1 is 1.07 bits per heavy atom. The largest absolute Gasteiger partial charge is 0.336 e. The average Bonchev–Trinajstić information content (AvgIpc) is 2.61. The monoisotopic (exact) mass is 413 g/mol. The molecule has 0 saturated carbocycles. The van der Waals surface area contributed by atoms with Crippen LogP contribution in [0.2, 0.25) is 10.0 Å². The van der Waals surface area contributed by atoms with E-state index in [2.05, 4.69) is 10.6 Å². The molecule has 0 aromatic heterocycles. The Kier molecular flexibility index (Phi) is 5.29. The van der Waals surface area contributed by atoms with Crippen LogP contribution >= 0.6 is 23.2 Å². The molecule has 1 heterocycles. The zero-order chi connectivity index (χ0) is 19.7. The number of hydrogen-bond acceptors (Lipinski definition) is 3. The highest BCUT2D eigenvalue weighted by Crippen LogP contribution is 2.26. The molecule has 0 radical (unpaired) electrons. The maximum atomic E-state index is 13.3. The second-order valence-electron chi connectivity index (χ2n) is 5.63. The van der Waals surface area contributed by atoms with Gasteiger partial charge in [0.15, 0.2) is 0 Å². The summed E-state index contributed by atoms with van der Waals surface area (Å²) in [6.07, 6.45) is 0. The van der Waals surface area contributed by atoms with Crippen molar-refractivity contribution in [1.82, 2.24) is 5.32 Å². The molecule has 1 saturated heterocycles. The third-order valence-corrected chi connectivity index (χ3v) is 4.42. The van der Waals surface area contributed by atoms with Crippen LogP contribution in [0.3, 0.4) is 0 Å². The van der Waals surface area contributed by atoms with Gasteiger partial charge in [-0.3, -0.25) is 9.59 Å². The Morgan fingerprint density at radius 2 is 1.70 bits per heavy atom. The highest BCUT2D eigenvalue weighted by molar-refractivity contribution is 6.32. The van der Waals surface area contributed by atoms with E-state index in [0.29, 0.717) is 4.90 Å². The van der Waals surface area contributed by atoms with Gasteiger partial charge in [-0.05, 0) is 36.4 Å². The maximum absolute atomic E-state index is 13.3. The van der Waals surface area contributed by atoms with E-state index in [-0.39, 0.29) is 28.0 Å². The molecule has 1 unspecified atom stereocenters. The van der Waals surface area contributed by atoms with Gasteiger partial charge in [-0.1, -0.05) is 23.2 Å². The summed E-state index contributed by atoms with van der Waals surface area (Å²) in [6.45, 7) is -0.232. The predicted molar refractivity (Wildman–Crippen MR) is 95.8 cm³/mol. The lowest BCUT2D eigenvalue weighted by Gasteiger charge is -2.30. The maximum Gasteiger partial charge on any atom is 0.328 e. The number of hydrogen-bond donors (Lipinski definition) is 2. The van der Waals surface area contributed by atoms with Crippen LogP contribution in [0, 0.1) is 17.6 Å². The summed E-state index contributed by atoms with van der Waals surface area (Å²) in [4.78, 5) is 37.9. The minimum atomic E-state index is -1.25. The zero-order valence-corrected chi connectivity index (χ0v) is 14.9. The number of amides is 4. The van der Waals surface area contributed by atoms with Crippen molar-refractivity contribution in [2.45, 2.75) is 0 Å². The van der Waals surface area contributed by atoms with Gasteiger partial charge in [-0.2, -0.15) is 0 Å². The summed E-state index contributed by atoms with van der Waals surface area (Å²) in [6, 6.07) is 6.07. The second kappa shape index (κ2) is 7.50. The van der Waals surface area contributed by atoms with Crippen LogP contribution < -0.4 is 15.5 Å². The molecule has 1 atom stereocenters. The van der Waals surface area contributed by atoms with Crippen LogP contribution in [-0.2, 0) is 9.59 Å². The molecule has 1 fully saturated rings. The number of carbonyl (C=O) groups is 3. The molecule has 2 aromatic carbocycles. The molecule has 3 rings (SSSR count). The molecular formula is C17H11Cl2F2N3O3. The van der Waals surface area contributed by atoms with Crippen LogP contribution in [0.25, 0.3) is 0 Å². The quantitative estimate of drug-likeness (QED) is 0.754. The molecule has 6 nitrogen and oxygen atoms in total. The second-order valence-corrected chi connectivity index (χ2v) is 6.44. The third kappa shape index (κ3) is 3.86. The smallest absolute Gasteiger partial charge is 0.328 e. The number of urea groups is 1. The number of halogens is 4. The fraction of sp³-hybridized carbons (Fsp3) is 0.118. The number of rotatable bonds is 3. The van der Waals surface area contributed by atoms with E-state index in [0.717, 1.165) is 18.2 Å². The molecule has 1 aliphatic heterocycles. The Bertz CT molecular complexity index is 955. The summed E-state index contributed by atoms with van der Waals surface area (Å²) < 4.78 is 26.5. The Labute approximate surface area is 162 Å². The molecule has 2 aromatic rings. The number of nitrogens with zero attached hydrogens (tertiary/aromatic N) is 1. The van der Waals surface area contributed by atoms with E-state index < -0.39 is 35.4 Å². The Hall–Kier alpha value is -2.71. The molecule has 27 heavy (non-hydrogen) atoms. The van der Waals surface area contributed by atoms with Crippen molar-refractivity contribution in [3.63, 3.8) is 0 Å². The number of benzene rings is 2. The first-order chi connectivity index (χ1) is 12.8. The van der Waals surface area contributed by atoms with Gasteiger partial charge in [0.1, 0.15) is 17.6 Å². The number of nitrogens with one attached hydrogen (secondary N) is 2. The van der Waals surface area contributed by atoms with Crippen molar-refractivity contribution in [3.8, 4) is 0 Å². The van der Waals surface area contributed by atoms with E-state index in [1.54, 1.807) is 0 Å². The van der Waals surface area contributed by atoms with Crippen LogP contribution in [0.1, 0.15) is 0 Å². The molecular weight excluding hydrogens is 403 g/mol. The van der Waals surface area contributed by atoms with Gasteiger partial charge < -0.3 is 10.6 Å². The number of carbonyl (C=O) groups excluding carboxylic acids is 3. The molecule has 0 bridgehead atoms. The highest BCUT2D eigenvalue weighted by atomic mass is 35.5. The predicted octanol–water partition coefficient (Wildman–Crippen LogP) is 3.58. The van der Waals surface area contributed by atoms with Gasteiger partial charge in [0.25, 0.3) is 0 Å².